The number of amides is 2. The summed E-state index contributed by atoms with van der Waals surface area (Å²) in [5.74, 6) is 0.860. The summed E-state index contributed by atoms with van der Waals surface area (Å²) in [6, 6.07) is 7.44. The van der Waals surface area contributed by atoms with E-state index in [1.54, 1.807) is 35.3 Å². The maximum absolute atomic E-state index is 12.5. The van der Waals surface area contributed by atoms with Crippen LogP contribution in [0.1, 0.15) is 18.5 Å². The lowest BCUT2D eigenvalue weighted by Gasteiger charge is -2.29. The van der Waals surface area contributed by atoms with Gasteiger partial charge >= 0.3 is 6.03 Å². The molecule has 3 rings (SSSR count). The van der Waals surface area contributed by atoms with Gasteiger partial charge in [0.1, 0.15) is 5.03 Å². The van der Waals surface area contributed by atoms with Crippen LogP contribution >= 0.6 is 11.8 Å². The zero-order valence-electron chi connectivity index (χ0n) is 11.7. The summed E-state index contributed by atoms with van der Waals surface area (Å²) in [4.78, 5) is 22.7. The molecule has 0 fully saturated rings. The molecule has 2 aromatic heterocycles. The molecule has 108 valence electrons. The molecule has 0 aromatic carbocycles. The molecule has 2 amide bonds. The second-order valence-corrected chi connectivity index (χ2v) is 5.87. The van der Waals surface area contributed by atoms with E-state index in [4.69, 9.17) is 0 Å². The minimum absolute atomic E-state index is 0.0825. The fraction of sp³-hybridized carbons (Fsp3) is 0.267. The molecule has 1 aliphatic heterocycles. The van der Waals surface area contributed by atoms with E-state index >= 15 is 0 Å². The van der Waals surface area contributed by atoms with Crippen LogP contribution in [0.5, 0.6) is 0 Å². The summed E-state index contributed by atoms with van der Waals surface area (Å²) in [6.07, 6.45) is 5.25. The maximum atomic E-state index is 12.5. The van der Waals surface area contributed by atoms with E-state index in [1.807, 2.05) is 31.2 Å². The lowest BCUT2D eigenvalue weighted by molar-refractivity contribution is 0.243. The van der Waals surface area contributed by atoms with Crippen LogP contribution < -0.4 is 10.2 Å². The second-order valence-electron chi connectivity index (χ2n) is 4.79. The second kappa shape index (κ2) is 6.13. The van der Waals surface area contributed by atoms with Crippen molar-refractivity contribution in [1.29, 1.82) is 0 Å². The van der Waals surface area contributed by atoms with Gasteiger partial charge in [-0.15, -0.1) is 11.8 Å². The molecule has 6 heteroatoms. The third-order valence-electron chi connectivity index (χ3n) is 3.37. The summed E-state index contributed by atoms with van der Waals surface area (Å²) in [5, 5.41) is 3.93. The van der Waals surface area contributed by atoms with E-state index in [2.05, 4.69) is 15.3 Å². The number of nitrogens with one attached hydrogen (secondary N) is 1. The van der Waals surface area contributed by atoms with E-state index in [0.717, 1.165) is 22.0 Å². The van der Waals surface area contributed by atoms with Crippen LogP contribution in [0.25, 0.3) is 0 Å². The van der Waals surface area contributed by atoms with Crippen molar-refractivity contribution in [3.05, 3.63) is 48.4 Å². The van der Waals surface area contributed by atoms with Gasteiger partial charge in [0.05, 0.1) is 11.7 Å². The van der Waals surface area contributed by atoms with Crippen molar-refractivity contribution in [2.45, 2.75) is 18.0 Å². The largest absolute Gasteiger partial charge is 0.331 e. The summed E-state index contributed by atoms with van der Waals surface area (Å²) in [6.45, 7) is 2.65. The molecule has 21 heavy (non-hydrogen) atoms. The number of urea groups is 1. The molecule has 0 radical (unpaired) electrons. The number of carbonyl (C=O) groups excluding carboxylic acids is 1. The number of hydrogen-bond donors (Lipinski definition) is 1. The number of nitrogens with zero attached hydrogens (tertiary/aromatic N) is 3. The molecule has 3 heterocycles. The van der Waals surface area contributed by atoms with Crippen LogP contribution in [0.15, 0.2) is 47.9 Å². The molecule has 1 aliphatic rings. The first kappa shape index (κ1) is 13.9. The Labute approximate surface area is 127 Å². The SMILES string of the molecule is CC(NC(=O)N1CCSc2ncccc21)c1cccnc1. The highest BCUT2D eigenvalue weighted by atomic mass is 32.2. The van der Waals surface area contributed by atoms with E-state index in [1.165, 1.54) is 0 Å². The Kier molecular flexibility index (Phi) is 4.06. The molecular weight excluding hydrogens is 284 g/mol. The molecule has 0 aliphatic carbocycles. The standard InChI is InChI=1S/C15H16N4OS/c1-11(12-4-2-6-16-10-12)18-15(20)19-8-9-21-14-13(19)5-3-7-17-14/h2-7,10-11H,8-9H2,1H3,(H,18,20). The van der Waals surface area contributed by atoms with Gasteiger partial charge < -0.3 is 5.32 Å². The van der Waals surface area contributed by atoms with Crippen LogP contribution in [-0.4, -0.2) is 28.3 Å². The molecule has 1 N–H and O–H groups in total. The van der Waals surface area contributed by atoms with Gasteiger partial charge in [0, 0.05) is 30.9 Å². The van der Waals surface area contributed by atoms with E-state index < -0.39 is 0 Å². The highest BCUT2D eigenvalue weighted by Gasteiger charge is 2.24. The van der Waals surface area contributed by atoms with Gasteiger partial charge in [-0.05, 0) is 30.7 Å². The highest BCUT2D eigenvalue weighted by Crippen LogP contribution is 2.32. The minimum atomic E-state index is -0.0964. The lowest BCUT2D eigenvalue weighted by atomic mass is 10.1. The number of hydrogen-bond acceptors (Lipinski definition) is 4. The van der Waals surface area contributed by atoms with E-state index in [0.29, 0.717) is 6.54 Å². The summed E-state index contributed by atoms with van der Waals surface area (Å²) < 4.78 is 0. The van der Waals surface area contributed by atoms with Crippen molar-refractivity contribution in [3.63, 3.8) is 0 Å². The van der Waals surface area contributed by atoms with Crippen LogP contribution in [0, 0.1) is 0 Å². The molecule has 1 unspecified atom stereocenters. The van der Waals surface area contributed by atoms with Gasteiger partial charge in [-0.25, -0.2) is 9.78 Å². The normalized spacial score (nSPS) is 15.2. The van der Waals surface area contributed by atoms with Crippen LogP contribution in [0.2, 0.25) is 0 Å². The van der Waals surface area contributed by atoms with Gasteiger partial charge in [-0.3, -0.25) is 9.88 Å². The smallest absolute Gasteiger partial charge is 0.322 e. The minimum Gasteiger partial charge on any atom is -0.331 e. The highest BCUT2D eigenvalue weighted by molar-refractivity contribution is 7.99. The van der Waals surface area contributed by atoms with Crippen molar-refractivity contribution in [2.24, 2.45) is 0 Å². The van der Waals surface area contributed by atoms with Gasteiger partial charge in [-0.2, -0.15) is 0 Å². The summed E-state index contributed by atoms with van der Waals surface area (Å²) in [5.41, 5.74) is 1.87. The monoisotopic (exact) mass is 300 g/mol. The van der Waals surface area contributed by atoms with Crippen LogP contribution in [0.3, 0.4) is 0 Å². The average Bonchev–Trinajstić information content (AvgIpc) is 2.55. The predicted octanol–water partition coefficient (Wildman–Crippen LogP) is 2.86. The summed E-state index contributed by atoms with van der Waals surface area (Å²) >= 11 is 1.68. The fourth-order valence-corrected chi connectivity index (χ4v) is 3.17. The lowest BCUT2D eigenvalue weighted by Crippen LogP contribution is -2.43. The molecule has 0 saturated carbocycles. The number of carbonyl (C=O) groups is 1. The molecule has 0 spiro atoms. The topological polar surface area (TPSA) is 58.1 Å². The summed E-state index contributed by atoms with van der Waals surface area (Å²) in [7, 11) is 0. The average molecular weight is 300 g/mol. The maximum Gasteiger partial charge on any atom is 0.322 e. The first-order valence-electron chi connectivity index (χ1n) is 6.81. The van der Waals surface area contributed by atoms with E-state index in [-0.39, 0.29) is 12.1 Å². The molecule has 0 saturated heterocycles. The van der Waals surface area contributed by atoms with Crippen molar-refractivity contribution < 1.29 is 4.79 Å². The molecule has 2 aromatic rings. The number of pyridine rings is 2. The first-order valence-corrected chi connectivity index (χ1v) is 7.80. The third kappa shape index (κ3) is 3.00. The Morgan fingerprint density at radius 1 is 1.38 bits per heavy atom. The molecule has 5 nitrogen and oxygen atoms in total. The predicted molar refractivity (Wildman–Crippen MR) is 83.5 cm³/mol. The van der Waals surface area contributed by atoms with E-state index in [9.17, 15) is 4.79 Å². The Morgan fingerprint density at radius 2 is 2.24 bits per heavy atom. The zero-order valence-corrected chi connectivity index (χ0v) is 12.5. The van der Waals surface area contributed by atoms with Gasteiger partial charge in [0.2, 0.25) is 0 Å². The number of rotatable bonds is 2. The van der Waals surface area contributed by atoms with Crippen LogP contribution in [0.4, 0.5) is 10.5 Å². The Hall–Kier alpha value is -2.08. The Morgan fingerprint density at radius 3 is 3.05 bits per heavy atom. The van der Waals surface area contributed by atoms with Crippen molar-refractivity contribution in [1.82, 2.24) is 15.3 Å². The molecular formula is C15H16N4OS. The van der Waals surface area contributed by atoms with Crippen LogP contribution in [-0.2, 0) is 0 Å². The molecule has 1 atom stereocenters. The van der Waals surface area contributed by atoms with Gasteiger partial charge in [-0.1, -0.05) is 6.07 Å². The van der Waals surface area contributed by atoms with Gasteiger partial charge in [0.15, 0.2) is 0 Å². The van der Waals surface area contributed by atoms with Crippen molar-refractivity contribution in [2.75, 3.05) is 17.2 Å². The quantitative estimate of drug-likeness (QED) is 0.926. The number of aromatic nitrogens is 2. The number of fused-ring (bicyclic) bond motifs is 1. The first-order chi connectivity index (χ1) is 10.3. The number of thioether (sulfide) groups is 1. The van der Waals surface area contributed by atoms with Crippen molar-refractivity contribution in [3.8, 4) is 0 Å². The van der Waals surface area contributed by atoms with Crippen molar-refractivity contribution >= 4 is 23.5 Å². The fourth-order valence-electron chi connectivity index (χ4n) is 2.24. The Balaban J connectivity index is 1.75. The zero-order chi connectivity index (χ0) is 14.7. The molecule has 0 bridgehead atoms. The third-order valence-corrected chi connectivity index (χ3v) is 4.34. The Bertz CT molecular complexity index is 635. The number of anilines is 1. The van der Waals surface area contributed by atoms with Gasteiger partial charge in [0.25, 0.3) is 0 Å².